The van der Waals surface area contributed by atoms with Crippen molar-refractivity contribution < 1.29 is 23.1 Å². The molecule has 0 saturated heterocycles. The van der Waals surface area contributed by atoms with Gasteiger partial charge in [-0.25, -0.2) is 13.6 Å². The molecule has 5 nitrogen and oxygen atoms in total. The van der Waals surface area contributed by atoms with Crippen molar-refractivity contribution in [1.29, 1.82) is 0 Å². The number of aromatic nitrogens is 1. The van der Waals surface area contributed by atoms with Gasteiger partial charge in [-0.05, 0) is 44.0 Å². The minimum absolute atomic E-state index is 0.224. The molecule has 2 N–H and O–H groups in total. The Balaban J connectivity index is 2.23. The van der Waals surface area contributed by atoms with E-state index in [1.54, 1.807) is 20.8 Å². The van der Waals surface area contributed by atoms with Gasteiger partial charge in [-0.3, -0.25) is 4.79 Å². The van der Waals surface area contributed by atoms with E-state index in [1.807, 2.05) is 0 Å². The molecule has 24 heavy (non-hydrogen) atoms. The van der Waals surface area contributed by atoms with Crippen molar-refractivity contribution >= 4 is 11.9 Å². The van der Waals surface area contributed by atoms with E-state index < -0.39 is 29.6 Å². The van der Waals surface area contributed by atoms with Crippen LogP contribution in [0.15, 0.2) is 18.2 Å². The predicted octanol–water partition coefficient (Wildman–Crippen LogP) is 3.19. The van der Waals surface area contributed by atoms with Gasteiger partial charge in [0.1, 0.15) is 5.69 Å². The number of rotatable bonds is 4. The first-order chi connectivity index (χ1) is 11.3. The summed E-state index contributed by atoms with van der Waals surface area (Å²) in [5.41, 5.74) is 1.95. The molecule has 2 aromatic rings. The number of benzene rings is 1. The molecule has 2 rings (SSSR count). The Kier molecular flexibility index (Phi) is 5.02. The van der Waals surface area contributed by atoms with E-state index in [0.717, 1.165) is 12.1 Å². The lowest BCUT2D eigenvalue weighted by atomic mass is 10.1. The molecule has 0 spiro atoms. The fourth-order valence-corrected chi connectivity index (χ4v) is 2.52. The summed E-state index contributed by atoms with van der Waals surface area (Å²) in [4.78, 5) is 27.0. The fraction of sp³-hybridized carbons (Fsp3) is 0.294. The summed E-state index contributed by atoms with van der Waals surface area (Å²) in [6, 6.07) is 2.90. The van der Waals surface area contributed by atoms with Crippen LogP contribution >= 0.6 is 0 Å². The number of carbonyl (C=O) groups is 2. The zero-order valence-corrected chi connectivity index (χ0v) is 13.8. The van der Waals surface area contributed by atoms with E-state index in [9.17, 15) is 18.4 Å². The third-order valence-corrected chi connectivity index (χ3v) is 3.85. The third kappa shape index (κ3) is 3.29. The van der Waals surface area contributed by atoms with Crippen LogP contribution in [0.25, 0.3) is 0 Å². The zero-order valence-electron chi connectivity index (χ0n) is 13.8. The van der Waals surface area contributed by atoms with Gasteiger partial charge in [0, 0.05) is 5.69 Å². The van der Waals surface area contributed by atoms with E-state index in [-0.39, 0.29) is 5.69 Å². The Morgan fingerprint density at radius 1 is 1.21 bits per heavy atom. The number of methoxy groups -OCH3 is 1. The molecular formula is C17H18F2N2O3. The van der Waals surface area contributed by atoms with Crippen LogP contribution in [-0.2, 0) is 4.74 Å². The van der Waals surface area contributed by atoms with Crippen molar-refractivity contribution in [1.82, 2.24) is 10.3 Å². The van der Waals surface area contributed by atoms with Crippen molar-refractivity contribution in [2.75, 3.05) is 7.11 Å². The van der Waals surface area contributed by atoms with Gasteiger partial charge < -0.3 is 15.0 Å². The lowest BCUT2D eigenvalue weighted by Gasteiger charge is -2.14. The number of hydrogen-bond acceptors (Lipinski definition) is 3. The van der Waals surface area contributed by atoms with Crippen LogP contribution in [0.1, 0.15) is 50.6 Å². The molecule has 0 aliphatic carbocycles. The van der Waals surface area contributed by atoms with Gasteiger partial charge in [0.05, 0.1) is 18.7 Å². The first kappa shape index (κ1) is 17.7. The van der Waals surface area contributed by atoms with Crippen molar-refractivity contribution in [3.05, 3.63) is 57.9 Å². The number of carbonyl (C=O) groups excluding carboxylic acids is 2. The molecule has 128 valence electrons. The molecule has 7 heteroatoms. The third-order valence-electron chi connectivity index (χ3n) is 3.85. The molecule has 0 bridgehead atoms. The maximum atomic E-state index is 13.3. The number of amides is 1. The van der Waals surface area contributed by atoms with Crippen molar-refractivity contribution in [2.45, 2.75) is 26.8 Å². The van der Waals surface area contributed by atoms with Crippen molar-refractivity contribution in [3.8, 4) is 0 Å². The van der Waals surface area contributed by atoms with Gasteiger partial charge in [0.2, 0.25) is 0 Å². The monoisotopic (exact) mass is 336 g/mol. The number of nitrogens with one attached hydrogen (secondary N) is 2. The highest BCUT2D eigenvalue weighted by Crippen LogP contribution is 2.21. The Morgan fingerprint density at radius 2 is 1.88 bits per heavy atom. The standard InChI is InChI=1S/C17H18F2N2O3/c1-8-14(17(23)24-4)10(3)20-15(8)16(22)21-9(2)11-5-6-12(18)13(19)7-11/h5-7,9,20H,1-4H3,(H,21,22). The molecule has 0 aliphatic rings. The van der Waals surface area contributed by atoms with E-state index in [4.69, 9.17) is 4.74 Å². The fourth-order valence-electron chi connectivity index (χ4n) is 2.52. The van der Waals surface area contributed by atoms with Gasteiger partial charge in [0.25, 0.3) is 5.91 Å². The molecule has 1 amide bonds. The highest BCUT2D eigenvalue weighted by atomic mass is 19.2. The summed E-state index contributed by atoms with van der Waals surface area (Å²) in [7, 11) is 1.26. The first-order valence-corrected chi connectivity index (χ1v) is 7.29. The Hall–Kier alpha value is -2.70. The van der Waals surface area contributed by atoms with Crippen LogP contribution in [0.4, 0.5) is 8.78 Å². The summed E-state index contributed by atoms with van der Waals surface area (Å²) in [5.74, 6) is -2.92. The summed E-state index contributed by atoms with van der Waals surface area (Å²) in [6.07, 6.45) is 0. The second-order valence-corrected chi connectivity index (χ2v) is 5.49. The Labute approximate surface area is 138 Å². The molecule has 0 aliphatic heterocycles. The summed E-state index contributed by atoms with van der Waals surface area (Å²) in [6.45, 7) is 4.94. The molecule has 0 saturated carbocycles. The van der Waals surface area contributed by atoms with Gasteiger partial charge in [-0.15, -0.1) is 0 Å². The second kappa shape index (κ2) is 6.82. The Morgan fingerprint density at radius 3 is 2.46 bits per heavy atom. The van der Waals surface area contributed by atoms with E-state index in [1.165, 1.54) is 13.2 Å². The molecule has 0 radical (unpaired) electrons. The van der Waals surface area contributed by atoms with Crippen LogP contribution in [0, 0.1) is 25.5 Å². The highest BCUT2D eigenvalue weighted by Gasteiger charge is 2.23. The molecule has 1 heterocycles. The van der Waals surface area contributed by atoms with Crippen LogP contribution in [0.5, 0.6) is 0 Å². The van der Waals surface area contributed by atoms with Crippen LogP contribution in [0.3, 0.4) is 0 Å². The van der Waals surface area contributed by atoms with Crippen LogP contribution in [-0.4, -0.2) is 24.0 Å². The number of hydrogen-bond donors (Lipinski definition) is 2. The van der Waals surface area contributed by atoms with E-state index in [2.05, 4.69) is 10.3 Å². The van der Waals surface area contributed by atoms with E-state index in [0.29, 0.717) is 22.4 Å². The van der Waals surface area contributed by atoms with Gasteiger partial charge in [-0.1, -0.05) is 6.07 Å². The maximum absolute atomic E-state index is 13.3. The molecule has 1 aromatic heterocycles. The van der Waals surface area contributed by atoms with Crippen molar-refractivity contribution in [2.24, 2.45) is 0 Å². The minimum atomic E-state index is -0.978. The molecule has 1 atom stereocenters. The average Bonchev–Trinajstić information content (AvgIpc) is 2.84. The van der Waals surface area contributed by atoms with Crippen LogP contribution < -0.4 is 5.32 Å². The second-order valence-electron chi connectivity index (χ2n) is 5.49. The van der Waals surface area contributed by atoms with Gasteiger partial charge >= 0.3 is 5.97 Å². The minimum Gasteiger partial charge on any atom is -0.465 e. The summed E-state index contributed by atoms with van der Waals surface area (Å²) < 4.78 is 31.0. The average molecular weight is 336 g/mol. The van der Waals surface area contributed by atoms with E-state index >= 15 is 0 Å². The number of esters is 1. The first-order valence-electron chi connectivity index (χ1n) is 7.29. The molecule has 0 fully saturated rings. The van der Waals surface area contributed by atoms with Gasteiger partial charge in [-0.2, -0.15) is 0 Å². The Bertz CT molecular complexity index is 799. The number of aromatic amines is 1. The largest absolute Gasteiger partial charge is 0.465 e. The topological polar surface area (TPSA) is 71.2 Å². The quantitative estimate of drug-likeness (QED) is 0.843. The SMILES string of the molecule is COC(=O)c1c(C)[nH]c(C(=O)NC(C)c2ccc(F)c(F)c2)c1C. The van der Waals surface area contributed by atoms with Crippen molar-refractivity contribution in [3.63, 3.8) is 0 Å². The molecule has 1 aromatic carbocycles. The van der Waals surface area contributed by atoms with Gasteiger partial charge in [0.15, 0.2) is 11.6 Å². The zero-order chi connectivity index (χ0) is 18.0. The predicted molar refractivity (Wildman–Crippen MR) is 83.8 cm³/mol. The highest BCUT2D eigenvalue weighted by molar-refractivity contribution is 6.00. The lowest BCUT2D eigenvalue weighted by molar-refractivity contribution is 0.0599. The van der Waals surface area contributed by atoms with Crippen LogP contribution in [0.2, 0.25) is 0 Å². The normalized spacial score (nSPS) is 11.9. The molecular weight excluding hydrogens is 318 g/mol. The summed E-state index contributed by atoms with van der Waals surface area (Å²) in [5, 5.41) is 2.69. The number of ether oxygens (including phenoxy) is 1. The number of H-pyrrole nitrogens is 1. The smallest absolute Gasteiger partial charge is 0.339 e. The number of halogens is 2. The lowest BCUT2D eigenvalue weighted by Crippen LogP contribution is -2.27. The molecule has 1 unspecified atom stereocenters. The summed E-state index contributed by atoms with van der Waals surface area (Å²) >= 11 is 0. The number of aryl methyl sites for hydroxylation is 1. The maximum Gasteiger partial charge on any atom is 0.339 e.